The number of Topliss-reactive ketones (excluding diaryl/α,β-unsaturated/α-hetero) is 1. The molecule has 2 saturated carbocycles. The van der Waals surface area contributed by atoms with E-state index in [4.69, 9.17) is 0 Å². The molecule has 128 valence electrons. The van der Waals surface area contributed by atoms with E-state index in [0.717, 1.165) is 38.5 Å². The number of rotatable bonds is 9. The van der Waals surface area contributed by atoms with Gasteiger partial charge in [0.05, 0.1) is 12.2 Å². The van der Waals surface area contributed by atoms with E-state index in [-0.39, 0.29) is 23.5 Å². The Labute approximate surface area is 135 Å². The molecule has 0 amide bonds. The second-order valence-electron chi connectivity index (χ2n) is 7.86. The highest BCUT2D eigenvalue weighted by Crippen LogP contribution is 2.56. The van der Waals surface area contributed by atoms with E-state index in [0.29, 0.717) is 18.1 Å². The first-order valence-electron chi connectivity index (χ1n) is 9.38. The lowest BCUT2D eigenvalue weighted by molar-refractivity contribution is -0.161. The summed E-state index contributed by atoms with van der Waals surface area (Å²) in [5, 5.41) is 20.4. The molecule has 5 atom stereocenters. The van der Waals surface area contributed by atoms with Gasteiger partial charge < -0.3 is 10.2 Å². The predicted molar refractivity (Wildman–Crippen MR) is 88.6 cm³/mol. The van der Waals surface area contributed by atoms with E-state index in [9.17, 15) is 15.0 Å². The molecule has 2 fully saturated rings. The maximum absolute atomic E-state index is 11.9. The number of hydrogen-bond donors (Lipinski definition) is 2. The molecule has 0 aromatic rings. The van der Waals surface area contributed by atoms with Crippen molar-refractivity contribution in [1.29, 1.82) is 0 Å². The third-order valence-electron chi connectivity index (χ3n) is 6.31. The van der Waals surface area contributed by atoms with Crippen LogP contribution >= 0.6 is 0 Å². The van der Waals surface area contributed by atoms with Crippen molar-refractivity contribution in [3.63, 3.8) is 0 Å². The summed E-state index contributed by atoms with van der Waals surface area (Å²) < 4.78 is 0. The molecule has 3 nitrogen and oxygen atoms in total. The number of carbonyl (C=O) groups excluding carboxylic acids is 1. The molecular weight excluding hydrogens is 276 g/mol. The van der Waals surface area contributed by atoms with E-state index < -0.39 is 0 Å². The number of hydrogen-bond acceptors (Lipinski definition) is 3. The van der Waals surface area contributed by atoms with Gasteiger partial charge in [0.15, 0.2) is 0 Å². The van der Waals surface area contributed by atoms with Gasteiger partial charge in [0.25, 0.3) is 0 Å². The van der Waals surface area contributed by atoms with Crippen LogP contribution in [0.15, 0.2) is 0 Å². The molecule has 0 aromatic carbocycles. The Bertz CT molecular complexity index is 368. The summed E-state index contributed by atoms with van der Waals surface area (Å²) in [6, 6.07) is 0. The minimum atomic E-state index is -0.275. The zero-order chi connectivity index (χ0) is 16.2. The SMILES string of the molecule is CCCCCCC[C@@H](O)CC[C@@H]1[C@@H](O)CC[C@@]2(C)C(=O)C[C@@H]12. The van der Waals surface area contributed by atoms with E-state index in [2.05, 4.69) is 13.8 Å². The molecule has 0 saturated heterocycles. The molecule has 0 unspecified atom stereocenters. The number of aliphatic hydroxyl groups excluding tert-OH is 2. The Hall–Kier alpha value is -0.410. The molecule has 2 rings (SSSR count). The third kappa shape index (κ3) is 3.91. The smallest absolute Gasteiger partial charge is 0.139 e. The van der Waals surface area contributed by atoms with Crippen molar-refractivity contribution in [2.24, 2.45) is 17.3 Å². The van der Waals surface area contributed by atoms with Crippen molar-refractivity contribution in [2.75, 3.05) is 0 Å². The van der Waals surface area contributed by atoms with E-state index in [1.54, 1.807) is 0 Å². The first-order chi connectivity index (χ1) is 10.5. The highest BCUT2D eigenvalue weighted by molar-refractivity contribution is 5.91. The zero-order valence-electron chi connectivity index (χ0n) is 14.4. The summed E-state index contributed by atoms with van der Waals surface area (Å²) in [6.45, 7) is 4.29. The van der Waals surface area contributed by atoms with Gasteiger partial charge in [-0.1, -0.05) is 46.0 Å². The normalized spacial score (nSPS) is 35.8. The highest BCUT2D eigenvalue weighted by atomic mass is 16.3. The second-order valence-corrected chi connectivity index (χ2v) is 7.86. The summed E-state index contributed by atoms with van der Waals surface area (Å²) in [6.07, 6.45) is 10.4. The molecule has 0 radical (unpaired) electrons. The Balaban J connectivity index is 1.70. The van der Waals surface area contributed by atoms with Crippen LogP contribution in [0.25, 0.3) is 0 Å². The van der Waals surface area contributed by atoms with Gasteiger partial charge in [-0.2, -0.15) is 0 Å². The molecule has 2 aliphatic carbocycles. The van der Waals surface area contributed by atoms with Gasteiger partial charge in [0, 0.05) is 11.8 Å². The minimum Gasteiger partial charge on any atom is -0.393 e. The van der Waals surface area contributed by atoms with E-state index in [1.165, 1.54) is 25.7 Å². The van der Waals surface area contributed by atoms with Gasteiger partial charge in [-0.15, -0.1) is 0 Å². The van der Waals surface area contributed by atoms with Gasteiger partial charge in [-0.3, -0.25) is 4.79 Å². The molecule has 2 aliphatic rings. The monoisotopic (exact) mass is 310 g/mol. The average molecular weight is 310 g/mol. The molecule has 0 aliphatic heterocycles. The van der Waals surface area contributed by atoms with Crippen LogP contribution in [0, 0.1) is 17.3 Å². The number of fused-ring (bicyclic) bond motifs is 1. The van der Waals surface area contributed by atoms with Crippen LogP contribution in [-0.4, -0.2) is 28.2 Å². The highest BCUT2D eigenvalue weighted by Gasteiger charge is 2.57. The molecular formula is C19H34O3. The fraction of sp³-hybridized carbons (Fsp3) is 0.947. The molecule has 22 heavy (non-hydrogen) atoms. The first kappa shape index (κ1) is 17.9. The minimum absolute atomic E-state index is 0.172. The first-order valence-corrected chi connectivity index (χ1v) is 9.38. The van der Waals surface area contributed by atoms with Crippen molar-refractivity contribution >= 4 is 5.78 Å². The largest absolute Gasteiger partial charge is 0.393 e. The fourth-order valence-electron chi connectivity index (χ4n) is 4.52. The van der Waals surface area contributed by atoms with Gasteiger partial charge in [-0.05, 0) is 43.9 Å². The van der Waals surface area contributed by atoms with Gasteiger partial charge in [0.1, 0.15) is 5.78 Å². The Morgan fingerprint density at radius 2 is 1.95 bits per heavy atom. The summed E-state index contributed by atoms with van der Waals surface area (Å²) in [4.78, 5) is 11.9. The van der Waals surface area contributed by atoms with Crippen molar-refractivity contribution in [1.82, 2.24) is 0 Å². The van der Waals surface area contributed by atoms with Crippen LogP contribution in [-0.2, 0) is 4.79 Å². The van der Waals surface area contributed by atoms with Gasteiger partial charge in [-0.25, -0.2) is 0 Å². The number of carbonyl (C=O) groups is 1. The summed E-state index contributed by atoms with van der Waals surface area (Å²) in [7, 11) is 0. The average Bonchev–Trinajstić information content (AvgIpc) is 2.50. The number of unbranched alkanes of at least 4 members (excludes halogenated alkanes) is 4. The molecule has 0 spiro atoms. The molecule has 3 heteroatoms. The second kappa shape index (κ2) is 7.92. The van der Waals surface area contributed by atoms with Crippen LogP contribution in [0.4, 0.5) is 0 Å². The zero-order valence-corrected chi connectivity index (χ0v) is 14.4. The van der Waals surface area contributed by atoms with Crippen LogP contribution in [0.3, 0.4) is 0 Å². The summed E-state index contributed by atoms with van der Waals surface area (Å²) in [5.41, 5.74) is -0.172. The molecule has 2 N–H and O–H groups in total. The third-order valence-corrected chi connectivity index (χ3v) is 6.31. The number of ketones is 1. The van der Waals surface area contributed by atoms with Crippen LogP contribution < -0.4 is 0 Å². The van der Waals surface area contributed by atoms with Crippen LogP contribution in [0.5, 0.6) is 0 Å². The van der Waals surface area contributed by atoms with Gasteiger partial charge in [0.2, 0.25) is 0 Å². The van der Waals surface area contributed by atoms with Gasteiger partial charge >= 0.3 is 0 Å². The Kier molecular flexibility index (Phi) is 6.46. The summed E-state index contributed by atoms with van der Waals surface area (Å²) >= 11 is 0. The molecule has 0 aromatic heterocycles. The van der Waals surface area contributed by atoms with Crippen molar-refractivity contribution in [2.45, 2.75) is 96.7 Å². The maximum atomic E-state index is 11.9. The molecule has 0 heterocycles. The standard InChI is InChI=1S/C19H34O3/c1-3-4-5-6-7-8-14(20)9-10-15-16-13-18(22)19(16,2)12-11-17(15)21/h14-17,20-21H,3-13H2,1-2H3/t14-,15+,16+,17+,19-/m1/s1. The predicted octanol–water partition coefficient (Wildman–Crippen LogP) is 3.85. The maximum Gasteiger partial charge on any atom is 0.139 e. The van der Waals surface area contributed by atoms with Crippen molar-refractivity contribution in [3.05, 3.63) is 0 Å². The van der Waals surface area contributed by atoms with E-state index in [1.807, 2.05) is 0 Å². The van der Waals surface area contributed by atoms with Crippen LogP contribution in [0.2, 0.25) is 0 Å². The molecule has 0 bridgehead atoms. The quantitative estimate of drug-likeness (QED) is 0.636. The lowest BCUT2D eigenvalue weighted by Gasteiger charge is -2.54. The van der Waals surface area contributed by atoms with E-state index >= 15 is 0 Å². The lowest BCUT2D eigenvalue weighted by atomic mass is 9.49. The summed E-state index contributed by atoms with van der Waals surface area (Å²) in [5.74, 6) is 0.942. The Morgan fingerprint density at radius 1 is 1.23 bits per heavy atom. The van der Waals surface area contributed by atoms with Crippen LogP contribution in [0.1, 0.15) is 84.5 Å². The van der Waals surface area contributed by atoms with Crippen molar-refractivity contribution in [3.8, 4) is 0 Å². The van der Waals surface area contributed by atoms with Crippen molar-refractivity contribution < 1.29 is 15.0 Å². The lowest BCUT2D eigenvalue weighted by Crippen LogP contribution is -2.57. The fourth-order valence-corrected chi connectivity index (χ4v) is 4.52. The Morgan fingerprint density at radius 3 is 2.64 bits per heavy atom. The topological polar surface area (TPSA) is 57.5 Å². The number of aliphatic hydroxyl groups is 2.